The van der Waals surface area contributed by atoms with Gasteiger partial charge in [-0.1, -0.05) is 0 Å². The minimum absolute atomic E-state index is 0.0255. The minimum atomic E-state index is -0.0255. The molecule has 0 aliphatic carbocycles. The standard InChI is InChI=1S/C6H10O2.C3H9N/c7-6-4-2-1-3-5-8-6;1-4(2)3/h1-5H2;1-3H3. The Morgan fingerprint density at radius 3 is 2.33 bits per heavy atom. The molecule has 3 nitrogen and oxygen atoms in total. The largest absolute Gasteiger partial charge is 0.466 e. The van der Waals surface area contributed by atoms with Crippen molar-refractivity contribution in [2.75, 3.05) is 27.7 Å². The van der Waals surface area contributed by atoms with E-state index < -0.39 is 0 Å². The van der Waals surface area contributed by atoms with Crippen molar-refractivity contribution >= 4 is 5.97 Å². The van der Waals surface area contributed by atoms with Crippen molar-refractivity contribution < 1.29 is 9.53 Å². The summed E-state index contributed by atoms with van der Waals surface area (Å²) in [6.07, 6.45) is 3.83. The molecule has 1 saturated heterocycles. The van der Waals surface area contributed by atoms with Crippen LogP contribution in [0.4, 0.5) is 0 Å². The van der Waals surface area contributed by atoms with E-state index in [2.05, 4.69) is 0 Å². The van der Waals surface area contributed by atoms with E-state index >= 15 is 0 Å². The topological polar surface area (TPSA) is 29.5 Å². The van der Waals surface area contributed by atoms with E-state index in [-0.39, 0.29) is 5.97 Å². The van der Waals surface area contributed by atoms with Crippen molar-refractivity contribution in [1.82, 2.24) is 4.90 Å². The van der Waals surface area contributed by atoms with Gasteiger partial charge in [0.05, 0.1) is 6.61 Å². The average molecular weight is 173 g/mol. The van der Waals surface area contributed by atoms with E-state index in [0.717, 1.165) is 19.3 Å². The van der Waals surface area contributed by atoms with Gasteiger partial charge in [0.15, 0.2) is 0 Å². The molecule has 72 valence electrons. The number of hydrogen-bond donors (Lipinski definition) is 0. The van der Waals surface area contributed by atoms with Gasteiger partial charge in [-0.25, -0.2) is 0 Å². The van der Waals surface area contributed by atoms with E-state index in [4.69, 9.17) is 4.74 Å². The van der Waals surface area contributed by atoms with E-state index in [0.29, 0.717) is 13.0 Å². The van der Waals surface area contributed by atoms with Crippen LogP contribution in [-0.4, -0.2) is 38.6 Å². The highest BCUT2D eigenvalue weighted by atomic mass is 16.5. The lowest BCUT2D eigenvalue weighted by Crippen LogP contribution is -2.00. The third-order valence-corrected chi connectivity index (χ3v) is 1.29. The summed E-state index contributed by atoms with van der Waals surface area (Å²) in [4.78, 5) is 12.5. The number of rotatable bonds is 0. The lowest BCUT2D eigenvalue weighted by molar-refractivity contribution is -0.142. The molecule has 0 atom stereocenters. The maximum atomic E-state index is 10.5. The number of esters is 1. The fourth-order valence-corrected chi connectivity index (χ4v) is 0.806. The number of carbonyl (C=O) groups is 1. The highest BCUT2D eigenvalue weighted by molar-refractivity contribution is 5.69. The zero-order valence-corrected chi connectivity index (χ0v) is 8.30. The molecule has 0 saturated carbocycles. The van der Waals surface area contributed by atoms with Gasteiger partial charge in [-0.2, -0.15) is 0 Å². The molecule has 3 heteroatoms. The second kappa shape index (κ2) is 7.10. The second-order valence-corrected chi connectivity index (χ2v) is 3.37. The van der Waals surface area contributed by atoms with Crippen molar-refractivity contribution in [3.05, 3.63) is 0 Å². The first-order valence-corrected chi connectivity index (χ1v) is 4.39. The normalized spacial score (nSPS) is 17.5. The van der Waals surface area contributed by atoms with E-state index in [9.17, 15) is 4.79 Å². The van der Waals surface area contributed by atoms with Crippen LogP contribution in [0.2, 0.25) is 0 Å². The number of cyclic esters (lactones) is 1. The van der Waals surface area contributed by atoms with Gasteiger partial charge in [-0.3, -0.25) is 4.79 Å². The van der Waals surface area contributed by atoms with Crippen LogP contribution in [0, 0.1) is 0 Å². The van der Waals surface area contributed by atoms with Gasteiger partial charge in [0, 0.05) is 6.42 Å². The summed E-state index contributed by atoms with van der Waals surface area (Å²) in [6.45, 7) is 0.638. The molecule has 0 unspecified atom stereocenters. The molecule has 0 radical (unpaired) electrons. The molecule has 0 aromatic heterocycles. The monoisotopic (exact) mass is 173 g/mol. The predicted octanol–water partition coefficient (Wildman–Crippen LogP) is 1.28. The Morgan fingerprint density at radius 1 is 1.17 bits per heavy atom. The molecule has 0 N–H and O–H groups in total. The Hall–Kier alpha value is -0.570. The molecule has 0 aromatic rings. The maximum absolute atomic E-state index is 10.5. The Morgan fingerprint density at radius 2 is 1.75 bits per heavy atom. The highest BCUT2D eigenvalue weighted by Gasteiger charge is 2.05. The van der Waals surface area contributed by atoms with Gasteiger partial charge in [0.25, 0.3) is 0 Å². The average Bonchev–Trinajstić information content (AvgIpc) is 2.14. The van der Waals surface area contributed by atoms with Gasteiger partial charge in [0.1, 0.15) is 0 Å². The highest BCUT2D eigenvalue weighted by Crippen LogP contribution is 2.06. The smallest absolute Gasteiger partial charge is 0.305 e. The van der Waals surface area contributed by atoms with Gasteiger partial charge < -0.3 is 9.64 Å². The van der Waals surface area contributed by atoms with Crippen molar-refractivity contribution in [3.63, 3.8) is 0 Å². The molecule has 0 bridgehead atoms. The number of hydrogen-bond acceptors (Lipinski definition) is 3. The van der Waals surface area contributed by atoms with E-state index in [1.165, 1.54) is 0 Å². The molecule has 0 spiro atoms. The third kappa shape index (κ3) is 9.43. The van der Waals surface area contributed by atoms with Crippen LogP contribution in [0.25, 0.3) is 0 Å². The predicted molar refractivity (Wildman–Crippen MR) is 49.0 cm³/mol. The fraction of sp³-hybridized carbons (Fsp3) is 0.889. The Bertz CT molecular complexity index is 111. The summed E-state index contributed by atoms with van der Waals surface area (Å²) in [5, 5.41) is 0. The Labute approximate surface area is 74.7 Å². The summed E-state index contributed by atoms with van der Waals surface area (Å²) >= 11 is 0. The quantitative estimate of drug-likeness (QED) is 0.517. The van der Waals surface area contributed by atoms with Crippen molar-refractivity contribution in [2.45, 2.75) is 25.7 Å². The summed E-state index contributed by atoms with van der Waals surface area (Å²) in [5.74, 6) is -0.0255. The van der Waals surface area contributed by atoms with E-state index in [1.54, 1.807) is 0 Å². The first-order chi connectivity index (χ1) is 5.63. The van der Waals surface area contributed by atoms with Gasteiger partial charge in [0.2, 0.25) is 0 Å². The summed E-state index contributed by atoms with van der Waals surface area (Å²) in [5.41, 5.74) is 0. The van der Waals surface area contributed by atoms with Crippen molar-refractivity contribution in [2.24, 2.45) is 0 Å². The number of carbonyl (C=O) groups excluding carboxylic acids is 1. The minimum Gasteiger partial charge on any atom is -0.466 e. The molecule has 1 fully saturated rings. The van der Waals surface area contributed by atoms with Crippen LogP contribution in [0.3, 0.4) is 0 Å². The Balaban J connectivity index is 0.000000261. The molecule has 0 aromatic carbocycles. The molecule has 12 heavy (non-hydrogen) atoms. The molecule has 1 heterocycles. The van der Waals surface area contributed by atoms with E-state index in [1.807, 2.05) is 26.0 Å². The lowest BCUT2D eigenvalue weighted by atomic mass is 10.2. The zero-order valence-electron chi connectivity index (χ0n) is 8.30. The lowest BCUT2D eigenvalue weighted by Gasteiger charge is -1.93. The van der Waals surface area contributed by atoms with Crippen molar-refractivity contribution in [3.8, 4) is 0 Å². The molecular formula is C9H19NO2. The fourth-order valence-electron chi connectivity index (χ4n) is 0.806. The number of nitrogens with zero attached hydrogens (tertiary/aromatic N) is 1. The van der Waals surface area contributed by atoms with Gasteiger partial charge in [-0.15, -0.1) is 0 Å². The molecule has 1 aliphatic rings. The van der Waals surface area contributed by atoms with Crippen LogP contribution in [-0.2, 0) is 9.53 Å². The van der Waals surface area contributed by atoms with Crippen LogP contribution in [0.15, 0.2) is 0 Å². The first kappa shape index (κ1) is 11.4. The van der Waals surface area contributed by atoms with Crippen LogP contribution < -0.4 is 0 Å². The molecule has 1 rings (SSSR count). The molecule has 1 aliphatic heterocycles. The van der Waals surface area contributed by atoms with Crippen LogP contribution >= 0.6 is 0 Å². The zero-order chi connectivity index (χ0) is 9.40. The summed E-state index contributed by atoms with van der Waals surface area (Å²) in [7, 11) is 6.00. The first-order valence-electron chi connectivity index (χ1n) is 4.39. The Kier molecular flexibility index (Phi) is 6.76. The molecular weight excluding hydrogens is 154 g/mol. The third-order valence-electron chi connectivity index (χ3n) is 1.29. The summed E-state index contributed by atoms with van der Waals surface area (Å²) < 4.78 is 4.76. The van der Waals surface area contributed by atoms with Crippen LogP contribution in [0.1, 0.15) is 25.7 Å². The SMILES string of the molecule is CN(C)C.O=C1CCCCCO1. The second-order valence-electron chi connectivity index (χ2n) is 3.37. The molecule has 0 amide bonds. The van der Waals surface area contributed by atoms with Gasteiger partial charge >= 0.3 is 5.97 Å². The van der Waals surface area contributed by atoms with Gasteiger partial charge in [-0.05, 0) is 40.4 Å². The maximum Gasteiger partial charge on any atom is 0.305 e. The summed E-state index contributed by atoms with van der Waals surface area (Å²) in [6, 6.07) is 0. The van der Waals surface area contributed by atoms with Crippen molar-refractivity contribution in [1.29, 1.82) is 0 Å². The van der Waals surface area contributed by atoms with Crippen LogP contribution in [0.5, 0.6) is 0 Å². The number of ether oxygens (including phenoxy) is 1.